The van der Waals surface area contributed by atoms with Crippen LogP contribution in [0.2, 0.25) is 0 Å². The van der Waals surface area contributed by atoms with Gasteiger partial charge in [0, 0.05) is 26.2 Å². The van der Waals surface area contributed by atoms with Crippen LogP contribution >= 0.6 is 24.0 Å². The summed E-state index contributed by atoms with van der Waals surface area (Å²) in [6, 6.07) is 8.75. The molecule has 6 nitrogen and oxygen atoms in total. The van der Waals surface area contributed by atoms with Gasteiger partial charge in [-0.25, -0.2) is 0 Å². The first-order chi connectivity index (χ1) is 14.6. The molecule has 1 heterocycles. The fourth-order valence-electron chi connectivity index (χ4n) is 4.23. The summed E-state index contributed by atoms with van der Waals surface area (Å²) in [7, 11) is 1.71. The van der Waals surface area contributed by atoms with Gasteiger partial charge in [-0.15, -0.1) is 24.0 Å². The Bertz CT molecular complexity index is 619. The van der Waals surface area contributed by atoms with E-state index < -0.39 is 0 Å². The van der Waals surface area contributed by atoms with E-state index in [4.69, 9.17) is 9.73 Å². The van der Waals surface area contributed by atoms with Gasteiger partial charge in [0.15, 0.2) is 5.96 Å². The van der Waals surface area contributed by atoms with Gasteiger partial charge in [0.05, 0.1) is 13.2 Å². The van der Waals surface area contributed by atoms with Crippen molar-refractivity contribution in [2.75, 3.05) is 46.4 Å². The number of hydrogen-bond acceptors (Lipinski definition) is 4. The lowest BCUT2D eigenvalue weighted by Gasteiger charge is -2.29. The average Bonchev–Trinajstić information content (AvgIpc) is 3.26. The molecule has 0 amide bonds. The second kappa shape index (κ2) is 15.7. The van der Waals surface area contributed by atoms with Crippen LogP contribution in [0.1, 0.15) is 58.1 Å². The van der Waals surface area contributed by atoms with Crippen LogP contribution in [-0.4, -0.2) is 62.4 Å². The van der Waals surface area contributed by atoms with E-state index >= 15 is 0 Å². The number of aliphatic hydroxyl groups is 1. The molecule has 0 bridgehead atoms. The van der Waals surface area contributed by atoms with Gasteiger partial charge in [-0.3, -0.25) is 9.89 Å². The maximum Gasteiger partial charge on any atom is 0.191 e. The molecule has 3 N–H and O–H groups in total. The van der Waals surface area contributed by atoms with Crippen molar-refractivity contribution in [3.05, 3.63) is 29.8 Å². The molecule has 2 atom stereocenters. The molecule has 2 rings (SSSR count). The molecule has 1 aliphatic heterocycles. The Morgan fingerprint density at radius 2 is 1.84 bits per heavy atom. The van der Waals surface area contributed by atoms with Gasteiger partial charge in [-0.1, -0.05) is 26.0 Å². The van der Waals surface area contributed by atoms with Crippen molar-refractivity contribution < 1.29 is 9.84 Å². The second-order valence-corrected chi connectivity index (χ2v) is 8.64. The van der Waals surface area contributed by atoms with Crippen LogP contribution in [-0.2, 0) is 0 Å². The molecule has 1 aliphatic rings. The lowest BCUT2D eigenvalue weighted by atomic mass is 9.94. The van der Waals surface area contributed by atoms with Crippen LogP contribution in [0.5, 0.6) is 5.75 Å². The lowest BCUT2D eigenvalue weighted by Crippen LogP contribution is -2.43. The molecule has 0 aliphatic carbocycles. The van der Waals surface area contributed by atoms with Crippen molar-refractivity contribution in [2.24, 2.45) is 16.8 Å². The molecule has 1 aromatic rings. The maximum atomic E-state index is 9.38. The van der Waals surface area contributed by atoms with Crippen molar-refractivity contribution in [2.45, 2.75) is 52.5 Å². The number of nitrogens with one attached hydrogen (secondary N) is 2. The van der Waals surface area contributed by atoms with E-state index in [2.05, 4.69) is 48.4 Å². The van der Waals surface area contributed by atoms with Gasteiger partial charge in [0.2, 0.25) is 0 Å². The highest BCUT2D eigenvalue weighted by Crippen LogP contribution is 2.26. The molecule has 2 unspecified atom stereocenters. The van der Waals surface area contributed by atoms with E-state index in [0.29, 0.717) is 17.9 Å². The Morgan fingerprint density at radius 1 is 1.16 bits per heavy atom. The minimum Gasteiger partial charge on any atom is -0.497 e. The Balaban J connectivity index is 0.00000480. The van der Waals surface area contributed by atoms with E-state index in [1.165, 1.54) is 18.4 Å². The predicted octanol–water partition coefficient (Wildman–Crippen LogP) is 4.05. The fourth-order valence-corrected chi connectivity index (χ4v) is 4.23. The van der Waals surface area contributed by atoms with Gasteiger partial charge < -0.3 is 20.5 Å². The van der Waals surface area contributed by atoms with Crippen LogP contribution in [0.3, 0.4) is 0 Å². The first-order valence-electron chi connectivity index (χ1n) is 11.6. The van der Waals surface area contributed by atoms with Gasteiger partial charge in [0.1, 0.15) is 5.75 Å². The van der Waals surface area contributed by atoms with Crippen LogP contribution in [0.4, 0.5) is 0 Å². The Hall–Kier alpha value is -1.06. The summed E-state index contributed by atoms with van der Waals surface area (Å²) in [5, 5.41) is 16.4. The maximum absolute atomic E-state index is 9.38. The summed E-state index contributed by atoms with van der Waals surface area (Å²) in [6.45, 7) is 11.4. The van der Waals surface area contributed by atoms with Crippen LogP contribution < -0.4 is 15.4 Å². The summed E-state index contributed by atoms with van der Waals surface area (Å²) in [4.78, 5) is 7.41. The predicted molar refractivity (Wildman–Crippen MR) is 141 cm³/mol. The number of halogens is 1. The molecule has 0 saturated carbocycles. The summed E-state index contributed by atoms with van der Waals surface area (Å²) < 4.78 is 5.33. The normalized spacial score (nSPS) is 16.6. The molecule has 1 fully saturated rings. The van der Waals surface area contributed by atoms with Crippen molar-refractivity contribution in [3.63, 3.8) is 0 Å². The van der Waals surface area contributed by atoms with E-state index in [1.807, 2.05) is 12.1 Å². The number of nitrogens with zero attached hydrogens (tertiary/aromatic N) is 2. The molecular weight excluding hydrogens is 503 g/mol. The highest BCUT2D eigenvalue weighted by atomic mass is 127. The third-order valence-corrected chi connectivity index (χ3v) is 5.74. The lowest BCUT2D eigenvalue weighted by molar-refractivity contribution is 0.243. The average molecular weight is 547 g/mol. The number of aliphatic imine (C=N–C) groups is 1. The Kier molecular flexibility index (Phi) is 14.2. The van der Waals surface area contributed by atoms with E-state index in [1.54, 1.807) is 7.11 Å². The zero-order chi connectivity index (χ0) is 21.8. The number of likely N-dealkylation sites (tertiary alicyclic amines) is 1. The molecule has 1 saturated heterocycles. The fraction of sp³-hybridized carbons (Fsp3) is 0.708. The molecule has 0 spiro atoms. The molecule has 178 valence electrons. The van der Waals surface area contributed by atoms with E-state index in [0.717, 1.165) is 57.3 Å². The minimum atomic E-state index is 0. The van der Waals surface area contributed by atoms with Crippen LogP contribution in [0.15, 0.2) is 29.3 Å². The van der Waals surface area contributed by atoms with Gasteiger partial charge in [-0.05, 0) is 75.2 Å². The quantitative estimate of drug-likeness (QED) is 0.210. The van der Waals surface area contributed by atoms with Crippen molar-refractivity contribution >= 4 is 29.9 Å². The number of methoxy groups -OCH3 is 1. The summed E-state index contributed by atoms with van der Waals surface area (Å²) in [6.07, 6.45) is 4.42. The smallest absolute Gasteiger partial charge is 0.191 e. The molecule has 7 heteroatoms. The zero-order valence-corrected chi connectivity index (χ0v) is 22.1. The monoisotopic (exact) mass is 546 g/mol. The minimum absolute atomic E-state index is 0. The number of guanidine groups is 1. The van der Waals surface area contributed by atoms with Crippen LogP contribution in [0.25, 0.3) is 0 Å². The van der Waals surface area contributed by atoms with Crippen molar-refractivity contribution in [1.82, 2.24) is 15.5 Å². The highest BCUT2D eigenvalue weighted by molar-refractivity contribution is 14.0. The molecule has 0 radical (unpaired) electrons. The largest absolute Gasteiger partial charge is 0.497 e. The number of ether oxygens (including phenoxy) is 1. The van der Waals surface area contributed by atoms with E-state index in [9.17, 15) is 5.11 Å². The summed E-state index contributed by atoms with van der Waals surface area (Å²) in [5.74, 6) is 2.78. The third-order valence-electron chi connectivity index (χ3n) is 5.74. The highest BCUT2D eigenvalue weighted by Gasteiger charge is 2.24. The van der Waals surface area contributed by atoms with Crippen LogP contribution in [0, 0.1) is 11.8 Å². The summed E-state index contributed by atoms with van der Waals surface area (Å²) in [5.41, 5.74) is 1.30. The van der Waals surface area contributed by atoms with Crippen molar-refractivity contribution in [1.29, 1.82) is 0 Å². The van der Waals surface area contributed by atoms with Crippen molar-refractivity contribution in [3.8, 4) is 5.75 Å². The number of rotatable bonds is 12. The molecule has 31 heavy (non-hydrogen) atoms. The Morgan fingerprint density at radius 3 is 2.39 bits per heavy atom. The first kappa shape index (κ1) is 28.0. The standard InChI is InChI=1S/C24H42N4O2.HI/c1-5-25-24(26-17-20(12-15-29)16-19(2)3)27-18-23(28-13-6-7-14-28)21-8-10-22(30-4)11-9-21;/h8-11,19-20,23,29H,5-7,12-18H2,1-4H3,(H2,25,26,27);1H. The summed E-state index contributed by atoms with van der Waals surface area (Å²) >= 11 is 0. The second-order valence-electron chi connectivity index (χ2n) is 8.64. The zero-order valence-electron chi connectivity index (χ0n) is 19.8. The SMILES string of the molecule is CCNC(=NCC(CCO)CC(C)C)NCC(c1ccc(OC)cc1)N1CCCC1.I. The number of hydrogen-bond donors (Lipinski definition) is 3. The third kappa shape index (κ3) is 9.95. The molecule has 0 aromatic heterocycles. The first-order valence-corrected chi connectivity index (χ1v) is 11.6. The number of benzene rings is 1. The Labute approximate surface area is 206 Å². The van der Waals surface area contributed by atoms with Gasteiger partial charge >= 0.3 is 0 Å². The topological polar surface area (TPSA) is 69.1 Å². The number of aliphatic hydroxyl groups excluding tert-OH is 1. The molecule has 1 aromatic carbocycles. The van der Waals surface area contributed by atoms with Gasteiger partial charge in [-0.2, -0.15) is 0 Å². The van der Waals surface area contributed by atoms with Gasteiger partial charge in [0.25, 0.3) is 0 Å². The molecular formula is C24H43IN4O2. The van der Waals surface area contributed by atoms with E-state index in [-0.39, 0.29) is 30.6 Å².